The monoisotopic (exact) mass is 160 g/mol. The molecule has 1 atom stereocenters. The highest BCUT2D eigenvalue weighted by atomic mass is 16.6. The van der Waals surface area contributed by atoms with E-state index in [-0.39, 0.29) is 18.7 Å². The van der Waals surface area contributed by atoms with Gasteiger partial charge in [-0.1, -0.05) is 0 Å². The van der Waals surface area contributed by atoms with Crippen molar-refractivity contribution in [1.29, 1.82) is 0 Å². The number of aliphatic hydroxyl groups excluding tert-OH is 1. The molecular weight excluding hydrogens is 146 g/mol. The molecule has 1 aliphatic rings. The van der Waals surface area contributed by atoms with Gasteiger partial charge in [-0.2, -0.15) is 0 Å². The Hall–Kier alpha value is -0.610. The van der Waals surface area contributed by atoms with E-state index in [1.807, 2.05) is 14.1 Å². The summed E-state index contributed by atoms with van der Waals surface area (Å²) in [6, 6.07) is 0. The highest BCUT2D eigenvalue weighted by Gasteiger charge is 2.33. The van der Waals surface area contributed by atoms with Crippen LogP contribution in [0, 0.1) is 0 Å². The van der Waals surface area contributed by atoms with Crippen LogP contribution < -0.4 is 0 Å². The van der Waals surface area contributed by atoms with Crippen LogP contribution in [0.1, 0.15) is 0 Å². The van der Waals surface area contributed by atoms with E-state index in [4.69, 9.17) is 9.84 Å². The summed E-state index contributed by atoms with van der Waals surface area (Å²) in [7, 11) is 3.90. The second kappa shape index (κ2) is 2.79. The zero-order valence-electron chi connectivity index (χ0n) is 6.91. The van der Waals surface area contributed by atoms with Crippen molar-refractivity contribution >= 4 is 5.97 Å². The van der Waals surface area contributed by atoms with E-state index in [0.717, 1.165) is 0 Å². The SMILES string of the molecule is C[N+]1(C)CC(=O)O[C@@H](CO)C1. The number of likely N-dealkylation sites (N-methyl/N-ethyl adjacent to an activating group) is 1. The van der Waals surface area contributed by atoms with Gasteiger partial charge >= 0.3 is 5.97 Å². The second-order valence-corrected chi connectivity index (χ2v) is 3.57. The van der Waals surface area contributed by atoms with E-state index in [1.54, 1.807) is 0 Å². The van der Waals surface area contributed by atoms with Gasteiger partial charge in [-0.15, -0.1) is 0 Å². The van der Waals surface area contributed by atoms with Gasteiger partial charge in [-0.25, -0.2) is 4.79 Å². The van der Waals surface area contributed by atoms with Gasteiger partial charge in [0.05, 0.1) is 20.7 Å². The summed E-state index contributed by atoms with van der Waals surface area (Å²) >= 11 is 0. The van der Waals surface area contributed by atoms with Gasteiger partial charge in [0.1, 0.15) is 6.54 Å². The van der Waals surface area contributed by atoms with Crippen LogP contribution in [0.5, 0.6) is 0 Å². The molecule has 1 heterocycles. The van der Waals surface area contributed by atoms with Crippen molar-refractivity contribution < 1.29 is 19.1 Å². The Morgan fingerprint density at radius 1 is 1.73 bits per heavy atom. The van der Waals surface area contributed by atoms with Gasteiger partial charge in [0.25, 0.3) is 0 Å². The van der Waals surface area contributed by atoms with Crippen molar-refractivity contribution in [2.75, 3.05) is 33.8 Å². The molecule has 4 nitrogen and oxygen atoms in total. The van der Waals surface area contributed by atoms with Gasteiger partial charge in [0, 0.05) is 0 Å². The number of hydrogen-bond acceptors (Lipinski definition) is 3. The number of rotatable bonds is 1. The van der Waals surface area contributed by atoms with E-state index >= 15 is 0 Å². The molecule has 0 aliphatic carbocycles. The Morgan fingerprint density at radius 3 is 2.82 bits per heavy atom. The summed E-state index contributed by atoms with van der Waals surface area (Å²) in [5.74, 6) is -0.222. The van der Waals surface area contributed by atoms with Crippen molar-refractivity contribution in [3.8, 4) is 0 Å². The van der Waals surface area contributed by atoms with Crippen molar-refractivity contribution in [1.82, 2.24) is 0 Å². The third-order valence-corrected chi connectivity index (χ3v) is 1.76. The third-order valence-electron chi connectivity index (χ3n) is 1.76. The fraction of sp³-hybridized carbons (Fsp3) is 0.857. The Balaban J connectivity index is 2.58. The molecule has 0 aromatic carbocycles. The summed E-state index contributed by atoms with van der Waals surface area (Å²) < 4.78 is 5.47. The zero-order valence-corrected chi connectivity index (χ0v) is 6.91. The number of esters is 1. The molecule has 1 saturated heterocycles. The Bertz CT molecular complexity index is 167. The number of aliphatic hydroxyl groups is 1. The first-order valence-electron chi connectivity index (χ1n) is 3.66. The first-order valence-corrected chi connectivity index (χ1v) is 3.66. The van der Waals surface area contributed by atoms with Crippen LogP contribution in [0.2, 0.25) is 0 Å². The summed E-state index contributed by atoms with van der Waals surface area (Å²) in [6.07, 6.45) is -0.314. The maximum Gasteiger partial charge on any atom is 0.362 e. The summed E-state index contributed by atoms with van der Waals surface area (Å²) in [5, 5.41) is 8.75. The number of quaternary nitrogens is 1. The minimum Gasteiger partial charge on any atom is -0.450 e. The minimum absolute atomic E-state index is 0.0760. The largest absolute Gasteiger partial charge is 0.450 e. The number of nitrogens with zero attached hydrogens (tertiary/aromatic N) is 1. The molecule has 1 N–H and O–H groups in total. The van der Waals surface area contributed by atoms with Crippen LogP contribution in [-0.4, -0.2) is 55.5 Å². The summed E-state index contributed by atoms with van der Waals surface area (Å²) in [5.41, 5.74) is 0. The molecule has 0 radical (unpaired) electrons. The van der Waals surface area contributed by atoms with E-state index < -0.39 is 0 Å². The van der Waals surface area contributed by atoms with Crippen LogP contribution >= 0.6 is 0 Å². The van der Waals surface area contributed by atoms with E-state index in [2.05, 4.69) is 0 Å². The molecule has 0 aromatic rings. The van der Waals surface area contributed by atoms with Crippen LogP contribution in [0.15, 0.2) is 0 Å². The first kappa shape index (κ1) is 8.49. The fourth-order valence-corrected chi connectivity index (χ4v) is 1.32. The van der Waals surface area contributed by atoms with Crippen molar-refractivity contribution in [3.05, 3.63) is 0 Å². The van der Waals surface area contributed by atoms with Gasteiger partial charge in [0.2, 0.25) is 0 Å². The van der Waals surface area contributed by atoms with Crippen LogP contribution in [0.25, 0.3) is 0 Å². The topological polar surface area (TPSA) is 46.5 Å². The average Bonchev–Trinajstić information content (AvgIpc) is 1.83. The first-order chi connectivity index (χ1) is 5.03. The maximum atomic E-state index is 10.9. The second-order valence-electron chi connectivity index (χ2n) is 3.57. The standard InChI is InChI=1S/C7H14NO3/c1-8(2)3-6(5-9)11-7(10)4-8/h6,9H,3-5H2,1-2H3/q+1/t6-/m1/s1. The van der Waals surface area contributed by atoms with Gasteiger partial charge < -0.3 is 14.3 Å². The molecule has 0 saturated carbocycles. The smallest absolute Gasteiger partial charge is 0.362 e. The zero-order chi connectivity index (χ0) is 8.48. The van der Waals surface area contributed by atoms with Crippen molar-refractivity contribution in [3.63, 3.8) is 0 Å². The van der Waals surface area contributed by atoms with Gasteiger partial charge in [-0.3, -0.25) is 0 Å². The molecule has 1 aliphatic heterocycles. The molecule has 0 unspecified atom stereocenters. The molecule has 1 fully saturated rings. The van der Waals surface area contributed by atoms with Gasteiger partial charge in [-0.05, 0) is 0 Å². The Morgan fingerprint density at radius 2 is 2.36 bits per heavy atom. The normalized spacial score (nSPS) is 29.7. The molecular formula is C7H14NO3+. The fourth-order valence-electron chi connectivity index (χ4n) is 1.32. The van der Waals surface area contributed by atoms with Crippen LogP contribution in [-0.2, 0) is 9.53 Å². The van der Waals surface area contributed by atoms with Crippen LogP contribution in [0.3, 0.4) is 0 Å². The predicted molar refractivity (Wildman–Crippen MR) is 38.8 cm³/mol. The number of morpholine rings is 1. The lowest BCUT2D eigenvalue weighted by molar-refractivity contribution is -0.891. The molecule has 11 heavy (non-hydrogen) atoms. The highest BCUT2D eigenvalue weighted by molar-refractivity contribution is 5.71. The lowest BCUT2D eigenvalue weighted by Gasteiger charge is -2.35. The molecule has 0 aromatic heterocycles. The number of ether oxygens (including phenoxy) is 1. The summed E-state index contributed by atoms with van der Waals surface area (Å²) in [6.45, 7) is 1.02. The average molecular weight is 160 g/mol. The number of carbonyl (C=O) groups is 1. The lowest BCUT2D eigenvalue weighted by atomic mass is 10.2. The minimum atomic E-state index is -0.314. The third kappa shape index (κ3) is 2.17. The molecule has 64 valence electrons. The number of carbonyl (C=O) groups excluding carboxylic acids is 1. The molecule has 1 rings (SSSR count). The highest BCUT2D eigenvalue weighted by Crippen LogP contribution is 2.09. The van der Waals surface area contributed by atoms with Crippen molar-refractivity contribution in [2.45, 2.75) is 6.10 Å². The molecule has 0 bridgehead atoms. The van der Waals surface area contributed by atoms with E-state index in [0.29, 0.717) is 17.6 Å². The van der Waals surface area contributed by atoms with E-state index in [9.17, 15) is 4.79 Å². The molecule has 0 amide bonds. The van der Waals surface area contributed by atoms with Gasteiger partial charge in [0.15, 0.2) is 12.6 Å². The molecule has 0 spiro atoms. The van der Waals surface area contributed by atoms with E-state index in [1.165, 1.54) is 0 Å². The lowest BCUT2D eigenvalue weighted by Crippen LogP contribution is -2.55. The molecule has 4 heteroatoms. The Labute approximate surface area is 66.0 Å². The summed E-state index contributed by atoms with van der Waals surface area (Å²) in [4.78, 5) is 10.9. The Kier molecular flexibility index (Phi) is 2.15. The van der Waals surface area contributed by atoms with Crippen molar-refractivity contribution in [2.24, 2.45) is 0 Å². The maximum absolute atomic E-state index is 10.9. The number of cyclic esters (lactones) is 1. The predicted octanol–water partition coefficient (Wildman–Crippen LogP) is -1.02. The number of hydrogen-bond donors (Lipinski definition) is 1. The quantitative estimate of drug-likeness (QED) is 0.394. The van der Waals surface area contributed by atoms with Crippen LogP contribution in [0.4, 0.5) is 0 Å².